The lowest BCUT2D eigenvalue weighted by molar-refractivity contribution is -0.149. The van der Waals surface area contributed by atoms with Gasteiger partial charge in [0.25, 0.3) is 5.91 Å². The number of esters is 1. The SMILES string of the molecule is Cc1ccc(NC(=O)c2nnc(COC(=O)C3CC(=O)N(c4ccc(C)c(F)c4)C3)s2)cc1. The lowest BCUT2D eigenvalue weighted by atomic mass is 10.1. The molecule has 0 radical (unpaired) electrons. The van der Waals surface area contributed by atoms with Crippen LogP contribution in [0.3, 0.4) is 0 Å². The van der Waals surface area contributed by atoms with E-state index in [2.05, 4.69) is 15.5 Å². The maximum Gasteiger partial charge on any atom is 0.311 e. The minimum Gasteiger partial charge on any atom is -0.458 e. The topological polar surface area (TPSA) is 101 Å². The highest BCUT2D eigenvalue weighted by molar-refractivity contribution is 7.13. The first-order valence-electron chi connectivity index (χ1n) is 10.2. The number of ether oxygens (including phenoxy) is 1. The summed E-state index contributed by atoms with van der Waals surface area (Å²) in [5.74, 6) is -2.31. The van der Waals surface area contributed by atoms with Gasteiger partial charge in [0, 0.05) is 24.3 Å². The Hall–Kier alpha value is -3.66. The van der Waals surface area contributed by atoms with Crippen molar-refractivity contribution in [2.45, 2.75) is 26.9 Å². The Kier molecular flexibility index (Phi) is 6.45. The molecule has 1 fully saturated rings. The molecule has 1 saturated heterocycles. The van der Waals surface area contributed by atoms with Gasteiger partial charge in [-0.1, -0.05) is 35.1 Å². The fourth-order valence-corrected chi connectivity index (χ4v) is 3.99. The first-order valence-corrected chi connectivity index (χ1v) is 11.1. The lowest BCUT2D eigenvalue weighted by Gasteiger charge is -2.17. The summed E-state index contributed by atoms with van der Waals surface area (Å²) in [5.41, 5.74) is 2.60. The number of halogens is 1. The van der Waals surface area contributed by atoms with Crippen LogP contribution in [0, 0.1) is 25.6 Å². The Balaban J connectivity index is 1.31. The zero-order valence-corrected chi connectivity index (χ0v) is 18.8. The van der Waals surface area contributed by atoms with Gasteiger partial charge in [0.1, 0.15) is 12.4 Å². The van der Waals surface area contributed by atoms with Crippen molar-refractivity contribution in [2.24, 2.45) is 5.92 Å². The quantitative estimate of drug-likeness (QED) is 0.555. The van der Waals surface area contributed by atoms with Crippen LogP contribution < -0.4 is 10.2 Å². The number of rotatable bonds is 6. The van der Waals surface area contributed by atoms with E-state index in [4.69, 9.17) is 4.74 Å². The van der Waals surface area contributed by atoms with E-state index >= 15 is 0 Å². The monoisotopic (exact) mass is 468 g/mol. The van der Waals surface area contributed by atoms with Crippen LogP contribution in [0.25, 0.3) is 0 Å². The molecule has 0 spiro atoms. The fourth-order valence-electron chi connectivity index (χ4n) is 3.34. The van der Waals surface area contributed by atoms with E-state index in [0.717, 1.165) is 16.9 Å². The summed E-state index contributed by atoms with van der Waals surface area (Å²) < 4.78 is 19.1. The molecule has 10 heteroatoms. The number of aromatic nitrogens is 2. The van der Waals surface area contributed by atoms with E-state index < -0.39 is 23.6 Å². The predicted octanol–water partition coefficient (Wildman–Crippen LogP) is 3.64. The predicted molar refractivity (Wildman–Crippen MR) is 120 cm³/mol. The third-order valence-electron chi connectivity index (χ3n) is 5.23. The molecule has 2 aromatic carbocycles. The molecule has 1 atom stereocenters. The Morgan fingerprint density at radius 1 is 1.18 bits per heavy atom. The van der Waals surface area contributed by atoms with Gasteiger partial charge in [0.2, 0.25) is 10.9 Å². The van der Waals surface area contributed by atoms with Crippen molar-refractivity contribution in [3.8, 4) is 0 Å². The third kappa shape index (κ3) is 5.23. The van der Waals surface area contributed by atoms with E-state index in [1.54, 1.807) is 31.2 Å². The van der Waals surface area contributed by atoms with Crippen LogP contribution in [-0.2, 0) is 20.9 Å². The summed E-state index contributed by atoms with van der Waals surface area (Å²) in [4.78, 5) is 38.5. The second-order valence-corrected chi connectivity index (χ2v) is 8.83. The molecule has 2 heterocycles. The van der Waals surface area contributed by atoms with Gasteiger partial charge in [-0.25, -0.2) is 4.39 Å². The van der Waals surface area contributed by atoms with E-state index in [-0.39, 0.29) is 30.5 Å². The number of carbonyl (C=O) groups is 3. The molecule has 1 N–H and O–H groups in total. The van der Waals surface area contributed by atoms with Crippen LogP contribution in [0.4, 0.5) is 15.8 Å². The van der Waals surface area contributed by atoms with Gasteiger partial charge < -0.3 is 15.0 Å². The second-order valence-electron chi connectivity index (χ2n) is 7.77. The summed E-state index contributed by atoms with van der Waals surface area (Å²) in [5, 5.41) is 11.0. The number of amides is 2. The molecular weight excluding hydrogens is 447 g/mol. The molecule has 1 aliphatic heterocycles. The molecule has 8 nitrogen and oxygen atoms in total. The Morgan fingerprint density at radius 2 is 1.94 bits per heavy atom. The molecule has 1 aliphatic rings. The van der Waals surface area contributed by atoms with Crippen molar-refractivity contribution in [2.75, 3.05) is 16.8 Å². The molecule has 0 saturated carbocycles. The Labute approximate surface area is 193 Å². The van der Waals surface area contributed by atoms with Crippen molar-refractivity contribution >= 4 is 40.5 Å². The summed E-state index contributed by atoms with van der Waals surface area (Å²) >= 11 is 1.02. The molecule has 3 aromatic rings. The van der Waals surface area contributed by atoms with Crippen LogP contribution in [0.5, 0.6) is 0 Å². The standard InChI is InChI=1S/C23H21FN4O4S/c1-13-3-6-16(7-4-13)25-21(30)22-27-26-19(33-22)12-32-23(31)15-9-20(29)28(11-15)17-8-5-14(2)18(24)10-17/h3-8,10,15H,9,11-12H2,1-2H3,(H,25,30). The number of aryl methyl sites for hydroxylation is 2. The lowest BCUT2D eigenvalue weighted by Crippen LogP contribution is -2.26. The molecule has 170 valence electrons. The highest BCUT2D eigenvalue weighted by Gasteiger charge is 2.36. The summed E-state index contributed by atoms with van der Waals surface area (Å²) in [6, 6.07) is 11.9. The molecule has 1 aromatic heterocycles. The molecule has 0 bridgehead atoms. The van der Waals surface area contributed by atoms with E-state index in [1.807, 2.05) is 19.1 Å². The average molecular weight is 469 g/mol. The van der Waals surface area contributed by atoms with Gasteiger partial charge in [-0.05, 0) is 43.7 Å². The number of hydrogen-bond acceptors (Lipinski definition) is 7. The van der Waals surface area contributed by atoms with Crippen molar-refractivity contribution in [3.05, 3.63) is 69.4 Å². The minimum absolute atomic E-state index is 0.0192. The van der Waals surface area contributed by atoms with Gasteiger partial charge in [-0.15, -0.1) is 10.2 Å². The maximum absolute atomic E-state index is 13.9. The van der Waals surface area contributed by atoms with Crippen molar-refractivity contribution in [1.29, 1.82) is 0 Å². The number of benzene rings is 2. The Bertz CT molecular complexity index is 1210. The number of nitrogens with zero attached hydrogens (tertiary/aromatic N) is 3. The molecule has 33 heavy (non-hydrogen) atoms. The number of anilines is 2. The van der Waals surface area contributed by atoms with Crippen molar-refractivity contribution in [3.63, 3.8) is 0 Å². The van der Waals surface area contributed by atoms with E-state index in [9.17, 15) is 18.8 Å². The first-order chi connectivity index (χ1) is 15.8. The van der Waals surface area contributed by atoms with Crippen molar-refractivity contribution < 1.29 is 23.5 Å². The smallest absolute Gasteiger partial charge is 0.311 e. The molecule has 1 unspecified atom stereocenters. The van der Waals surface area contributed by atoms with Gasteiger partial charge in [-0.3, -0.25) is 14.4 Å². The normalized spacial score (nSPS) is 15.5. The summed E-state index contributed by atoms with van der Waals surface area (Å²) in [6.07, 6.45) is -0.0192. The highest BCUT2D eigenvalue weighted by atomic mass is 32.1. The molecular formula is C23H21FN4O4S. The Morgan fingerprint density at radius 3 is 2.67 bits per heavy atom. The third-order valence-corrected chi connectivity index (χ3v) is 6.13. The highest BCUT2D eigenvalue weighted by Crippen LogP contribution is 2.27. The van der Waals surface area contributed by atoms with E-state index in [1.165, 1.54) is 11.0 Å². The molecule has 2 amide bonds. The van der Waals surface area contributed by atoms with Crippen LogP contribution >= 0.6 is 11.3 Å². The minimum atomic E-state index is -0.668. The van der Waals surface area contributed by atoms with Crippen LogP contribution in [0.1, 0.15) is 32.4 Å². The number of hydrogen-bond donors (Lipinski definition) is 1. The molecule has 0 aliphatic carbocycles. The van der Waals surface area contributed by atoms with Gasteiger partial charge >= 0.3 is 5.97 Å². The van der Waals surface area contributed by atoms with Crippen LogP contribution in [0.2, 0.25) is 0 Å². The summed E-state index contributed by atoms with van der Waals surface area (Å²) in [7, 11) is 0. The molecule has 4 rings (SSSR count). The fraction of sp³-hybridized carbons (Fsp3) is 0.261. The van der Waals surface area contributed by atoms with Crippen LogP contribution in [0.15, 0.2) is 42.5 Å². The first kappa shape index (κ1) is 22.5. The van der Waals surface area contributed by atoms with Crippen molar-refractivity contribution in [1.82, 2.24) is 10.2 Å². The number of nitrogens with one attached hydrogen (secondary N) is 1. The average Bonchev–Trinajstić information content (AvgIpc) is 3.42. The zero-order valence-electron chi connectivity index (χ0n) is 18.0. The number of carbonyl (C=O) groups excluding carboxylic acids is 3. The van der Waals surface area contributed by atoms with Gasteiger partial charge in [0.15, 0.2) is 5.01 Å². The van der Waals surface area contributed by atoms with Crippen LogP contribution in [-0.4, -0.2) is 34.5 Å². The van der Waals surface area contributed by atoms with Gasteiger partial charge in [-0.2, -0.15) is 0 Å². The zero-order chi connectivity index (χ0) is 23.5. The van der Waals surface area contributed by atoms with Gasteiger partial charge in [0.05, 0.1) is 5.92 Å². The van der Waals surface area contributed by atoms with E-state index in [0.29, 0.717) is 21.9 Å². The second kappa shape index (κ2) is 9.45. The summed E-state index contributed by atoms with van der Waals surface area (Å²) in [6.45, 7) is 3.54. The largest absolute Gasteiger partial charge is 0.458 e. The maximum atomic E-state index is 13.9.